The predicted octanol–water partition coefficient (Wildman–Crippen LogP) is 0.298. The van der Waals surface area contributed by atoms with Gasteiger partial charge >= 0.3 is 0 Å². The Morgan fingerprint density at radius 2 is 1.95 bits per heavy atom. The number of hydrogen-bond donors (Lipinski definition) is 3. The first kappa shape index (κ1) is 16.5. The van der Waals surface area contributed by atoms with Gasteiger partial charge in [-0.1, -0.05) is 0 Å². The fraction of sp³-hybridized carbons (Fsp3) is 0.533. The third-order valence-corrected chi connectivity index (χ3v) is 3.54. The van der Waals surface area contributed by atoms with Crippen molar-refractivity contribution in [2.75, 3.05) is 27.4 Å². The summed E-state index contributed by atoms with van der Waals surface area (Å²) < 4.78 is 12.5. The highest BCUT2D eigenvalue weighted by Crippen LogP contribution is 2.32. The summed E-state index contributed by atoms with van der Waals surface area (Å²) in [5, 5.41) is 18.9. The first-order valence-electron chi connectivity index (χ1n) is 7.24. The van der Waals surface area contributed by atoms with E-state index in [0.717, 1.165) is 23.3 Å². The Bertz CT molecular complexity index is 627. The summed E-state index contributed by atoms with van der Waals surface area (Å²) in [6, 6.07) is 3.64. The maximum absolute atomic E-state index is 9.79. The third-order valence-electron chi connectivity index (χ3n) is 3.54. The molecule has 0 aliphatic carbocycles. The first-order valence-corrected chi connectivity index (χ1v) is 7.24. The van der Waals surface area contributed by atoms with Crippen molar-refractivity contribution in [2.45, 2.75) is 25.5 Å². The largest absolute Gasteiger partial charge is 0.493 e. The fourth-order valence-electron chi connectivity index (χ4n) is 2.42. The van der Waals surface area contributed by atoms with Gasteiger partial charge in [-0.05, 0) is 13.0 Å². The van der Waals surface area contributed by atoms with E-state index in [1.807, 2.05) is 16.7 Å². The highest BCUT2D eigenvalue weighted by molar-refractivity contribution is 5.80. The van der Waals surface area contributed by atoms with Gasteiger partial charge < -0.3 is 30.0 Å². The Morgan fingerprint density at radius 1 is 1.27 bits per heavy atom. The van der Waals surface area contributed by atoms with Gasteiger partial charge in [-0.3, -0.25) is 0 Å². The van der Waals surface area contributed by atoms with Gasteiger partial charge in [0.1, 0.15) is 5.82 Å². The molecule has 2 aromatic rings. The van der Waals surface area contributed by atoms with Gasteiger partial charge in [0.05, 0.1) is 44.5 Å². The normalized spacial score (nSPS) is 12.6. The van der Waals surface area contributed by atoms with Gasteiger partial charge in [0.15, 0.2) is 11.5 Å². The lowest BCUT2D eigenvalue weighted by molar-refractivity contribution is 0.0814. The zero-order valence-corrected chi connectivity index (χ0v) is 13.0. The molecular formula is C15H23N3O4. The lowest BCUT2D eigenvalue weighted by Crippen LogP contribution is -2.21. The van der Waals surface area contributed by atoms with E-state index >= 15 is 0 Å². The summed E-state index contributed by atoms with van der Waals surface area (Å²) in [6.45, 7) is 0.532. The number of aliphatic hydroxyl groups excluding tert-OH is 2. The Balaban J connectivity index is 2.53. The van der Waals surface area contributed by atoms with E-state index in [1.165, 1.54) is 0 Å². The van der Waals surface area contributed by atoms with Crippen molar-refractivity contribution in [3.05, 3.63) is 18.0 Å². The maximum atomic E-state index is 9.79. The molecule has 22 heavy (non-hydrogen) atoms. The predicted molar refractivity (Wildman–Crippen MR) is 83.3 cm³/mol. The average Bonchev–Trinajstić information content (AvgIpc) is 2.87. The molecule has 122 valence electrons. The monoisotopic (exact) mass is 309 g/mol. The minimum Gasteiger partial charge on any atom is -0.493 e. The minimum atomic E-state index is -0.845. The van der Waals surface area contributed by atoms with Gasteiger partial charge in [-0.2, -0.15) is 0 Å². The number of nitrogens with zero attached hydrogens (tertiary/aromatic N) is 2. The van der Waals surface area contributed by atoms with Gasteiger partial charge in [-0.25, -0.2) is 4.98 Å². The van der Waals surface area contributed by atoms with Crippen LogP contribution in [0.25, 0.3) is 11.0 Å². The maximum Gasteiger partial charge on any atom is 0.163 e. The SMILES string of the molecule is COc1cc2nc(CCCN)n(CC(O)CO)c2cc1OC. The van der Waals surface area contributed by atoms with Crippen LogP contribution in [0.2, 0.25) is 0 Å². The highest BCUT2D eigenvalue weighted by atomic mass is 16.5. The molecule has 1 atom stereocenters. The second kappa shape index (κ2) is 7.44. The Kier molecular flexibility index (Phi) is 5.59. The topological polar surface area (TPSA) is 103 Å². The number of imidazole rings is 1. The molecule has 0 amide bonds. The summed E-state index contributed by atoms with van der Waals surface area (Å²) in [5.74, 6) is 2.02. The van der Waals surface area contributed by atoms with Crippen molar-refractivity contribution in [2.24, 2.45) is 5.73 Å². The van der Waals surface area contributed by atoms with Gasteiger partial charge in [0, 0.05) is 18.6 Å². The van der Waals surface area contributed by atoms with Crippen LogP contribution in [0.15, 0.2) is 12.1 Å². The number of benzene rings is 1. The average molecular weight is 309 g/mol. The van der Waals surface area contributed by atoms with E-state index in [9.17, 15) is 5.11 Å². The number of rotatable bonds is 8. The molecular weight excluding hydrogens is 286 g/mol. The molecule has 0 spiro atoms. The molecule has 0 fully saturated rings. The molecule has 0 aliphatic rings. The van der Waals surface area contributed by atoms with Crippen molar-refractivity contribution in [1.29, 1.82) is 0 Å². The number of aliphatic hydroxyl groups is 2. The molecule has 1 aromatic heterocycles. The van der Waals surface area contributed by atoms with E-state index < -0.39 is 6.10 Å². The second-order valence-electron chi connectivity index (χ2n) is 5.06. The van der Waals surface area contributed by atoms with Crippen LogP contribution in [-0.4, -0.2) is 53.2 Å². The fourth-order valence-corrected chi connectivity index (χ4v) is 2.42. The molecule has 1 heterocycles. The Hall–Kier alpha value is -1.83. The molecule has 0 saturated carbocycles. The number of fused-ring (bicyclic) bond motifs is 1. The zero-order valence-electron chi connectivity index (χ0n) is 13.0. The van der Waals surface area contributed by atoms with Gasteiger partial charge in [0.2, 0.25) is 0 Å². The number of methoxy groups -OCH3 is 2. The van der Waals surface area contributed by atoms with E-state index in [1.54, 1.807) is 14.2 Å². The van der Waals surface area contributed by atoms with E-state index in [2.05, 4.69) is 4.98 Å². The Morgan fingerprint density at radius 3 is 2.55 bits per heavy atom. The van der Waals surface area contributed by atoms with E-state index in [-0.39, 0.29) is 13.2 Å². The van der Waals surface area contributed by atoms with Crippen LogP contribution in [0, 0.1) is 0 Å². The van der Waals surface area contributed by atoms with Crippen LogP contribution in [0.5, 0.6) is 11.5 Å². The number of ether oxygens (including phenoxy) is 2. The lowest BCUT2D eigenvalue weighted by Gasteiger charge is -2.13. The third kappa shape index (κ3) is 3.32. The van der Waals surface area contributed by atoms with Crippen LogP contribution in [-0.2, 0) is 13.0 Å². The molecule has 0 bridgehead atoms. The van der Waals surface area contributed by atoms with Crippen LogP contribution < -0.4 is 15.2 Å². The van der Waals surface area contributed by atoms with Crippen molar-refractivity contribution in [1.82, 2.24) is 9.55 Å². The lowest BCUT2D eigenvalue weighted by atomic mass is 10.2. The summed E-state index contributed by atoms with van der Waals surface area (Å²) in [6.07, 6.45) is 0.656. The van der Waals surface area contributed by atoms with Crippen LogP contribution in [0.3, 0.4) is 0 Å². The quantitative estimate of drug-likeness (QED) is 0.648. The number of aryl methyl sites for hydroxylation is 1. The number of nitrogens with two attached hydrogens (primary N) is 1. The molecule has 0 saturated heterocycles. The van der Waals surface area contributed by atoms with Crippen molar-refractivity contribution < 1.29 is 19.7 Å². The van der Waals surface area contributed by atoms with Crippen molar-refractivity contribution in [3.63, 3.8) is 0 Å². The number of aromatic nitrogens is 2. The van der Waals surface area contributed by atoms with Gasteiger partial charge in [-0.15, -0.1) is 0 Å². The standard InChI is InChI=1S/C15H23N3O4/c1-21-13-6-11-12(7-14(13)22-2)18(8-10(20)9-19)15(17-11)4-3-5-16/h6-7,10,19-20H,3-5,8-9,16H2,1-2H3. The first-order chi connectivity index (χ1) is 10.6. The molecule has 2 rings (SSSR count). The smallest absolute Gasteiger partial charge is 0.163 e. The molecule has 0 aliphatic heterocycles. The van der Waals surface area contributed by atoms with E-state index in [4.69, 9.17) is 20.3 Å². The van der Waals surface area contributed by atoms with Crippen LogP contribution in [0.4, 0.5) is 0 Å². The molecule has 7 heteroatoms. The molecule has 1 aromatic carbocycles. The minimum absolute atomic E-state index is 0.266. The summed E-state index contributed by atoms with van der Waals surface area (Å²) in [7, 11) is 3.15. The highest BCUT2D eigenvalue weighted by Gasteiger charge is 2.17. The summed E-state index contributed by atoms with van der Waals surface area (Å²) in [5.41, 5.74) is 7.16. The molecule has 0 radical (unpaired) electrons. The molecule has 4 N–H and O–H groups in total. The summed E-state index contributed by atoms with van der Waals surface area (Å²) in [4.78, 5) is 4.60. The zero-order chi connectivity index (χ0) is 16.1. The molecule has 7 nitrogen and oxygen atoms in total. The molecule has 1 unspecified atom stereocenters. The van der Waals surface area contributed by atoms with Crippen LogP contribution in [0.1, 0.15) is 12.2 Å². The van der Waals surface area contributed by atoms with Gasteiger partial charge in [0.25, 0.3) is 0 Å². The van der Waals surface area contributed by atoms with Crippen molar-refractivity contribution in [3.8, 4) is 11.5 Å². The van der Waals surface area contributed by atoms with E-state index in [0.29, 0.717) is 24.5 Å². The van der Waals surface area contributed by atoms with Crippen LogP contribution >= 0.6 is 0 Å². The summed E-state index contributed by atoms with van der Waals surface area (Å²) >= 11 is 0. The number of hydrogen-bond acceptors (Lipinski definition) is 6. The second-order valence-corrected chi connectivity index (χ2v) is 5.06. The Labute approximate surface area is 129 Å². The van der Waals surface area contributed by atoms with Crippen molar-refractivity contribution >= 4 is 11.0 Å².